The van der Waals surface area contributed by atoms with Crippen LogP contribution in [0.5, 0.6) is 0 Å². The van der Waals surface area contributed by atoms with Gasteiger partial charge in [-0.3, -0.25) is 28.8 Å². The molecule has 1 N–H and O–H groups in total. The van der Waals surface area contributed by atoms with Crippen molar-refractivity contribution in [1.29, 1.82) is 0 Å². The fourth-order valence-corrected chi connectivity index (χ4v) is 19.7. The minimum Gasteiger partial charge on any atom is -0.478 e. The molecule has 4 saturated heterocycles. The maximum absolute atomic E-state index is 15.3. The zero-order chi connectivity index (χ0) is 99.4. The first-order valence-electron chi connectivity index (χ1n) is 49.9. The molecule has 1 aliphatic carbocycles. The Balaban J connectivity index is 0.000000125. The quantitative estimate of drug-likeness (QED) is 0.0780. The van der Waals surface area contributed by atoms with Crippen LogP contribution in [0.15, 0.2) is 171 Å². The number of amides is 4. The van der Waals surface area contributed by atoms with Crippen LogP contribution in [0, 0.1) is 30.2 Å². The number of aryl methyl sites for hydroxylation is 6. The number of imidazole rings is 2. The van der Waals surface area contributed by atoms with E-state index in [1.807, 2.05) is 125 Å². The van der Waals surface area contributed by atoms with Crippen LogP contribution in [0.25, 0.3) is 113 Å². The van der Waals surface area contributed by atoms with Crippen molar-refractivity contribution >= 4 is 52.2 Å². The smallest absolute Gasteiger partial charge is 0.337 e. The second kappa shape index (κ2) is 42.3. The number of fused-ring (bicyclic) bond motifs is 4. The standard InChI is InChI=1S/C28H31FN6O.C28H28FN5O3.C27H31FN6O.C26H29FN6O/c1-3-21-14-26(28(36)33-12-6-4-5-7-18(33)2)31-27-15-25(32-35(21)27)23-11-8-19(13-24(23)29)20-16-30-34(17-20)22-9-10-22;1-3-20-14-25(27(35)33-12-6-4-5-7-17(33)2)31-26-15-24(32-34(20)26)21-10-8-18(13-22(21)29)23-11-9-19(16-30-23)28(36)37;1-5-20-14-24(27(35)33-12-8-6-7-9-17(33)2)30-26-15-23(31-34(20)26)21-11-10-19(13-22(21)28)25-16-29-18(3)32(25)4;1-4-19-13-23(26(34)32-11-7-5-6-8-17(32)2)29-25-14-22(30-33(19)25)20-10-9-18(12-21(20)27)24-15-28-16-31(24)3/h8,11,13-18,22H,3-7,9-10,12H2,1-2H3;8-11,13-17H,3-7,12H2,1-2H3,(H,36,37);10-11,13-17H,5-9,12H2,1-4H3;9-10,12-17H,4-8,11H2,1-3H3. The second-order valence-corrected chi connectivity index (χ2v) is 38.0. The Bertz CT molecular complexity index is 7410. The van der Waals surface area contributed by atoms with Crippen molar-refractivity contribution in [2.24, 2.45) is 14.1 Å². The maximum Gasteiger partial charge on any atom is 0.337 e. The van der Waals surface area contributed by atoms with E-state index in [-0.39, 0.29) is 70.8 Å². The number of hydrogen-bond donors (Lipinski definition) is 1. The molecular weight excluding hydrogens is 1800 g/mol. The van der Waals surface area contributed by atoms with E-state index in [4.69, 9.17) is 5.11 Å². The summed E-state index contributed by atoms with van der Waals surface area (Å²) in [6.07, 6.45) is 32.4. The molecule has 21 rings (SSSR count). The van der Waals surface area contributed by atoms with Crippen LogP contribution in [0.4, 0.5) is 17.6 Å². The van der Waals surface area contributed by atoms with E-state index < -0.39 is 11.8 Å². The number of likely N-dealkylation sites (tertiary alicyclic amines) is 4. The second-order valence-electron chi connectivity index (χ2n) is 38.0. The number of hydrogen-bond acceptors (Lipinski definition) is 17. The lowest BCUT2D eigenvalue weighted by Gasteiger charge is -2.27. The molecule has 734 valence electrons. The summed E-state index contributed by atoms with van der Waals surface area (Å²) in [6.45, 7) is 21.4. The summed E-state index contributed by atoms with van der Waals surface area (Å²) in [5, 5.41) is 32.0. The molecular formula is C109H119F4N23O6. The summed E-state index contributed by atoms with van der Waals surface area (Å²) in [6, 6.07) is 38.6. The summed E-state index contributed by atoms with van der Waals surface area (Å²) >= 11 is 0. The van der Waals surface area contributed by atoms with E-state index in [0.717, 1.165) is 204 Å². The Labute approximate surface area is 821 Å². The number of rotatable bonds is 18. The molecule has 4 aromatic carbocycles. The number of benzene rings is 4. The number of carbonyl (C=O) groups excluding carboxylic acids is 4. The van der Waals surface area contributed by atoms with Crippen molar-refractivity contribution in [2.45, 2.75) is 234 Å². The third kappa shape index (κ3) is 20.6. The van der Waals surface area contributed by atoms with Gasteiger partial charge < -0.3 is 33.8 Å². The third-order valence-electron chi connectivity index (χ3n) is 28.4. The number of aromatic nitrogens is 19. The third-order valence-corrected chi connectivity index (χ3v) is 28.4. The van der Waals surface area contributed by atoms with Gasteiger partial charge >= 0.3 is 5.97 Å². The highest BCUT2D eigenvalue weighted by Crippen LogP contribution is 2.39. The van der Waals surface area contributed by atoms with Gasteiger partial charge in [0.15, 0.2) is 22.6 Å². The molecule has 4 unspecified atom stereocenters. The van der Waals surface area contributed by atoms with Gasteiger partial charge in [0.2, 0.25) is 0 Å². The molecule has 0 bridgehead atoms. The van der Waals surface area contributed by atoms with Gasteiger partial charge in [0.25, 0.3) is 23.6 Å². The van der Waals surface area contributed by atoms with Gasteiger partial charge in [-0.2, -0.15) is 25.5 Å². The average molecular weight is 1920 g/mol. The van der Waals surface area contributed by atoms with Gasteiger partial charge in [0.05, 0.1) is 76.4 Å². The van der Waals surface area contributed by atoms with Gasteiger partial charge in [0.1, 0.15) is 51.9 Å². The first-order chi connectivity index (χ1) is 68.7. The number of carboxylic acid groups (broad SMARTS) is 1. The summed E-state index contributed by atoms with van der Waals surface area (Å²) < 4.78 is 73.5. The highest BCUT2D eigenvalue weighted by atomic mass is 19.1. The number of halogens is 4. The number of carbonyl (C=O) groups is 5. The highest BCUT2D eigenvalue weighted by molar-refractivity contribution is 5.96. The Morgan fingerprint density at radius 3 is 1.04 bits per heavy atom. The monoisotopic (exact) mass is 1920 g/mol. The van der Waals surface area contributed by atoms with Crippen LogP contribution < -0.4 is 0 Å². The molecule has 33 heteroatoms. The minimum absolute atomic E-state index is 0.0355. The van der Waals surface area contributed by atoms with Crippen molar-refractivity contribution in [3.8, 4) is 89.9 Å². The van der Waals surface area contributed by atoms with Crippen LogP contribution in [0.1, 0.15) is 258 Å². The van der Waals surface area contributed by atoms with E-state index in [1.54, 1.807) is 110 Å². The topological polar surface area (TPSA) is 306 Å². The van der Waals surface area contributed by atoms with Crippen molar-refractivity contribution < 1.29 is 46.6 Å². The molecule has 1 saturated carbocycles. The molecule has 142 heavy (non-hydrogen) atoms. The Hall–Kier alpha value is -14.8. The van der Waals surface area contributed by atoms with Gasteiger partial charge in [0, 0.05) is 168 Å². The van der Waals surface area contributed by atoms with E-state index in [0.29, 0.717) is 133 Å². The van der Waals surface area contributed by atoms with Crippen molar-refractivity contribution in [3.05, 3.63) is 251 Å². The normalized spacial score (nSPS) is 17.0. The maximum atomic E-state index is 15.3. The highest BCUT2D eigenvalue weighted by Gasteiger charge is 2.33. The van der Waals surface area contributed by atoms with Crippen LogP contribution in [-0.4, -0.2) is 197 Å². The predicted octanol–water partition coefficient (Wildman–Crippen LogP) is 21.1. The zero-order valence-electron chi connectivity index (χ0n) is 82.2. The van der Waals surface area contributed by atoms with Crippen LogP contribution >= 0.6 is 0 Å². The van der Waals surface area contributed by atoms with Crippen molar-refractivity contribution in [3.63, 3.8) is 0 Å². The average Bonchev–Trinajstić information content (AvgIpc) is 1.63. The van der Waals surface area contributed by atoms with Gasteiger partial charge in [-0.05, 0) is 215 Å². The molecule has 16 heterocycles. The molecule has 4 atom stereocenters. The first kappa shape index (κ1) is 97.4. The lowest BCUT2D eigenvalue weighted by atomic mass is 10.0. The van der Waals surface area contributed by atoms with E-state index >= 15 is 17.6 Å². The fourth-order valence-electron chi connectivity index (χ4n) is 19.7. The molecule has 29 nitrogen and oxygen atoms in total. The lowest BCUT2D eigenvalue weighted by Crippen LogP contribution is -2.38. The number of carboxylic acids is 1. The Morgan fingerprint density at radius 2 is 0.718 bits per heavy atom. The fraction of sp³-hybridized carbons (Fsp3) is 0.385. The molecule has 5 fully saturated rings. The Kier molecular flexibility index (Phi) is 29.0. The number of nitrogens with zero attached hydrogens (tertiary/aromatic N) is 23. The molecule has 12 aromatic heterocycles. The van der Waals surface area contributed by atoms with E-state index in [1.165, 1.54) is 36.5 Å². The summed E-state index contributed by atoms with van der Waals surface area (Å²) in [5.41, 5.74) is 16.6. The van der Waals surface area contributed by atoms with Gasteiger partial charge in [-0.25, -0.2) is 70.3 Å². The summed E-state index contributed by atoms with van der Waals surface area (Å²) in [7, 11) is 3.79. The van der Waals surface area contributed by atoms with Crippen LogP contribution in [0.2, 0.25) is 0 Å². The molecule has 0 spiro atoms. The molecule has 16 aromatic rings. The molecule has 4 amide bonds. The van der Waals surface area contributed by atoms with Crippen molar-refractivity contribution in [1.82, 2.24) is 112 Å². The Morgan fingerprint density at radius 1 is 0.366 bits per heavy atom. The largest absolute Gasteiger partial charge is 0.478 e. The number of pyridine rings is 1. The molecule has 0 radical (unpaired) electrons. The first-order valence-corrected chi connectivity index (χ1v) is 49.9. The molecule has 4 aliphatic heterocycles. The lowest BCUT2D eigenvalue weighted by molar-refractivity contribution is 0.0684. The zero-order valence-corrected chi connectivity index (χ0v) is 82.2. The van der Waals surface area contributed by atoms with E-state index in [2.05, 4.69) is 88.1 Å². The van der Waals surface area contributed by atoms with E-state index in [9.17, 15) is 24.0 Å². The van der Waals surface area contributed by atoms with Gasteiger partial charge in [-0.15, -0.1) is 0 Å². The predicted molar refractivity (Wildman–Crippen MR) is 536 cm³/mol. The van der Waals surface area contributed by atoms with Crippen LogP contribution in [0.3, 0.4) is 0 Å². The SMILES string of the molecule is CCc1cc(C(=O)N2CCCCCC2C)nc2cc(-c3ccc(-c4ccc(C(=O)O)cn4)cc3F)nn12.CCc1cc(C(=O)N2CCCCCC2C)nc2cc(-c3ccc(-c4cnc(C)n4C)cc3F)nn12.CCc1cc(C(=O)N2CCCCCC2C)nc2cc(-c3ccc(-c4cncn4C)cc3F)nn12.CCc1cc(C(=O)N2CCCCCC2C)nc2cc(-c3ccc(-c4cnn(C5CC5)c4)cc3F)nn12. The van der Waals surface area contributed by atoms with Crippen molar-refractivity contribution in [2.75, 3.05) is 26.2 Å². The van der Waals surface area contributed by atoms with Gasteiger partial charge in [-0.1, -0.05) is 103 Å². The number of aromatic carboxylic acids is 1. The summed E-state index contributed by atoms with van der Waals surface area (Å²) in [5.74, 6) is -1.96. The van der Waals surface area contributed by atoms with Crippen LogP contribution in [-0.2, 0) is 39.8 Å². The minimum atomic E-state index is -1.07. The summed E-state index contributed by atoms with van der Waals surface area (Å²) in [4.78, 5) is 103. The molecule has 5 aliphatic rings.